The number of methoxy groups -OCH3 is 2. The van der Waals surface area contributed by atoms with Crippen molar-refractivity contribution in [3.63, 3.8) is 0 Å². The first-order chi connectivity index (χ1) is 16.2. The summed E-state index contributed by atoms with van der Waals surface area (Å²) in [6.45, 7) is 6.81. The molecule has 0 aliphatic rings. The first-order valence-electron chi connectivity index (χ1n) is 10.7. The molecule has 0 aromatic heterocycles. The summed E-state index contributed by atoms with van der Waals surface area (Å²) in [5, 5.41) is 10.7. The van der Waals surface area contributed by atoms with E-state index in [2.05, 4.69) is 0 Å². The fourth-order valence-electron chi connectivity index (χ4n) is 3.75. The molecule has 178 valence electrons. The van der Waals surface area contributed by atoms with Crippen molar-refractivity contribution < 1.29 is 33.6 Å². The molecule has 34 heavy (non-hydrogen) atoms. The number of rotatable bonds is 7. The van der Waals surface area contributed by atoms with Crippen LogP contribution in [0.25, 0.3) is 0 Å². The Labute approximate surface area is 198 Å². The van der Waals surface area contributed by atoms with Crippen LogP contribution in [0.3, 0.4) is 0 Å². The van der Waals surface area contributed by atoms with E-state index >= 15 is 0 Å². The van der Waals surface area contributed by atoms with Crippen LogP contribution < -0.4 is 14.2 Å². The predicted molar refractivity (Wildman–Crippen MR) is 127 cm³/mol. The smallest absolute Gasteiger partial charge is 0.347 e. The maximum atomic E-state index is 13.1. The molecule has 0 unspecified atom stereocenters. The molecule has 1 N–H and O–H groups in total. The van der Waals surface area contributed by atoms with E-state index in [9.17, 15) is 14.7 Å². The van der Waals surface area contributed by atoms with Gasteiger partial charge in [0, 0.05) is 11.1 Å². The molecule has 7 heteroatoms. The molecule has 0 aliphatic heterocycles. The molecule has 3 aromatic carbocycles. The average Bonchev–Trinajstić information content (AvgIpc) is 2.82. The third-order valence-corrected chi connectivity index (χ3v) is 5.63. The average molecular weight is 465 g/mol. The highest BCUT2D eigenvalue weighted by atomic mass is 16.5. The minimum Gasteiger partial charge on any atom is -0.507 e. The summed E-state index contributed by atoms with van der Waals surface area (Å²) in [6, 6.07) is 12.5. The second-order valence-electron chi connectivity index (χ2n) is 7.92. The van der Waals surface area contributed by atoms with Crippen molar-refractivity contribution in [1.82, 2.24) is 0 Å². The number of aromatic hydroxyl groups is 1. The van der Waals surface area contributed by atoms with E-state index in [0.717, 1.165) is 5.56 Å². The van der Waals surface area contributed by atoms with Crippen LogP contribution in [0.4, 0.5) is 0 Å². The molecular weight excluding hydrogens is 436 g/mol. The van der Waals surface area contributed by atoms with Crippen LogP contribution in [-0.2, 0) is 11.3 Å². The summed E-state index contributed by atoms with van der Waals surface area (Å²) in [5.74, 6) is -0.537. The number of hydrogen-bond donors (Lipinski definition) is 1. The molecule has 0 spiro atoms. The number of carbonyl (C=O) groups excluding carboxylic acids is 2. The lowest BCUT2D eigenvalue weighted by Crippen LogP contribution is -2.15. The van der Waals surface area contributed by atoms with Crippen LogP contribution in [-0.4, -0.2) is 31.3 Å². The molecule has 3 rings (SSSR count). The van der Waals surface area contributed by atoms with Gasteiger partial charge in [0.15, 0.2) is 0 Å². The largest absolute Gasteiger partial charge is 0.507 e. The van der Waals surface area contributed by atoms with Gasteiger partial charge in [0.05, 0.1) is 14.2 Å². The standard InChI is InChI=1S/C27H28O7/c1-15-13-21(34-27(30)23-16(2)12-20(31-5)18(4)25(23)32-6)17(3)24(28)22(15)26(29)33-14-19-10-8-7-9-11-19/h7-13,28H,14H2,1-6H3. The zero-order chi connectivity index (χ0) is 25.0. The summed E-state index contributed by atoms with van der Waals surface area (Å²) in [6.07, 6.45) is 0. The van der Waals surface area contributed by atoms with Crippen molar-refractivity contribution in [1.29, 1.82) is 0 Å². The van der Waals surface area contributed by atoms with E-state index in [0.29, 0.717) is 28.2 Å². The summed E-state index contributed by atoms with van der Waals surface area (Å²) in [7, 11) is 3.01. The van der Waals surface area contributed by atoms with Crippen molar-refractivity contribution in [2.24, 2.45) is 0 Å². The first-order valence-corrected chi connectivity index (χ1v) is 10.7. The predicted octanol–water partition coefficient (Wildman–Crippen LogP) is 5.22. The Balaban J connectivity index is 1.89. The Morgan fingerprint density at radius 1 is 0.794 bits per heavy atom. The van der Waals surface area contributed by atoms with Gasteiger partial charge in [-0.05, 0) is 56.5 Å². The number of esters is 2. The van der Waals surface area contributed by atoms with Gasteiger partial charge in [-0.2, -0.15) is 0 Å². The maximum absolute atomic E-state index is 13.1. The molecule has 0 atom stereocenters. The SMILES string of the molecule is COc1cc(C)c(C(=O)Oc2cc(C)c(C(=O)OCc3ccccc3)c(O)c2C)c(OC)c1C. The molecule has 7 nitrogen and oxygen atoms in total. The van der Waals surface area contributed by atoms with Crippen molar-refractivity contribution in [3.05, 3.63) is 81.4 Å². The third kappa shape index (κ3) is 4.83. The van der Waals surface area contributed by atoms with Gasteiger partial charge >= 0.3 is 11.9 Å². The zero-order valence-corrected chi connectivity index (χ0v) is 20.1. The molecule has 0 saturated heterocycles. The quantitative estimate of drug-likeness (QED) is 0.379. The van der Waals surface area contributed by atoms with Gasteiger partial charge in [0.25, 0.3) is 0 Å². The van der Waals surface area contributed by atoms with Gasteiger partial charge in [-0.1, -0.05) is 30.3 Å². The van der Waals surface area contributed by atoms with Crippen molar-refractivity contribution in [2.75, 3.05) is 14.2 Å². The minimum absolute atomic E-state index is 0.0299. The van der Waals surface area contributed by atoms with Gasteiger partial charge in [-0.25, -0.2) is 9.59 Å². The topological polar surface area (TPSA) is 91.3 Å². The number of benzene rings is 3. The summed E-state index contributed by atoms with van der Waals surface area (Å²) < 4.78 is 21.8. The highest BCUT2D eigenvalue weighted by Gasteiger charge is 2.26. The summed E-state index contributed by atoms with van der Waals surface area (Å²) in [4.78, 5) is 25.8. The second-order valence-corrected chi connectivity index (χ2v) is 7.92. The first kappa shape index (κ1) is 24.6. The second kappa shape index (κ2) is 10.3. The Kier molecular flexibility index (Phi) is 7.46. The number of aryl methyl sites for hydroxylation is 2. The number of phenols is 1. The zero-order valence-electron chi connectivity index (χ0n) is 20.1. The number of carbonyl (C=O) groups is 2. The monoisotopic (exact) mass is 464 g/mol. The molecule has 0 aliphatic carbocycles. The van der Waals surface area contributed by atoms with Crippen molar-refractivity contribution in [2.45, 2.75) is 34.3 Å². The molecule has 0 heterocycles. The molecule has 3 aromatic rings. The van der Waals surface area contributed by atoms with Gasteiger partial charge in [-0.15, -0.1) is 0 Å². The molecule has 0 fully saturated rings. The van der Waals surface area contributed by atoms with E-state index in [1.807, 2.05) is 30.3 Å². The fourth-order valence-corrected chi connectivity index (χ4v) is 3.75. The van der Waals surface area contributed by atoms with E-state index in [1.165, 1.54) is 13.2 Å². The van der Waals surface area contributed by atoms with E-state index in [1.54, 1.807) is 40.9 Å². The van der Waals surface area contributed by atoms with Crippen LogP contribution in [0.2, 0.25) is 0 Å². The third-order valence-electron chi connectivity index (χ3n) is 5.63. The Bertz CT molecular complexity index is 1230. The molecule has 0 bridgehead atoms. The fraction of sp³-hybridized carbons (Fsp3) is 0.259. The van der Waals surface area contributed by atoms with Crippen molar-refractivity contribution >= 4 is 11.9 Å². The number of phenolic OH excluding ortho intramolecular Hbond substituents is 1. The van der Waals surface area contributed by atoms with Crippen LogP contribution in [0.5, 0.6) is 23.0 Å². The lowest BCUT2D eigenvalue weighted by Gasteiger charge is -2.18. The minimum atomic E-state index is -0.664. The molecule has 0 radical (unpaired) electrons. The van der Waals surface area contributed by atoms with Gasteiger partial charge in [0.1, 0.15) is 40.7 Å². The van der Waals surface area contributed by atoms with Crippen LogP contribution in [0, 0.1) is 27.7 Å². The van der Waals surface area contributed by atoms with Gasteiger partial charge in [-0.3, -0.25) is 0 Å². The Morgan fingerprint density at radius 2 is 1.41 bits per heavy atom. The van der Waals surface area contributed by atoms with Crippen LogP contribution in [0.1, 0.15) is 48.5 Å². The number of hydrogen-bond acceptors (Lipinski definition) is 7. The summed E-state index contributed by atoms with van der Waals surface area (Å²) in [5.41, 5.74) is 3.05. The van der Waals surface area contributed by atoms with E-state index in [4.69, 9.17) is 18.9 Å². The van der Waals surface area contributed by atoms with Crippen LogP contribution >= 0.6 is 0 Å². The lowest BCUT2D eigenvalue weighted by atomic mass is 10.0. The Hall–Kier alpha value is -4.00. The van der Waals surface area contributed by atoms with E-state index in [-0.39, 0.29) is 34.8 Å². The van der Waals surface area contributed by atoms with Crippen molar-refractivity contribution in [3.8, 4) is 23.0 Å². The molecule has 0 saturated carbocycles. The highest BCUT2D eigenvalue weighted by Crippen LogP contribution is 2.37. The Morgan fingerprint density at radius 3 is 2.03 bits per heavy atom. The molecular formula is C27H28O7. The number of ether oxygens (including phenoxy) is 4. The van der Waals surface area contributed by atoms with Gasteiger partial charge < -0.3 is 24.1 Å². The normalized spacial score (nSPS) is 10.5. The van der Waals surface area contributed by atoms with Crippen LogP contribution in [0.15, 0.2) is 42.5 Å². The lowest BCUT2D eigenvalue weighted by molar-refractivity contribution is 0.0468. The van der Waals surface area contributed by atoms with Gasteiger partial charge in [0.2, 0.25) is 0 Å². The maximum Gasteiger partial charge on any atom is 0.347 e. The molecule has 0 amide bonds. The van der Waals surface area contributed by atoms with E-state index < -0.39 is 11.9 Å². The summed E-state index contributed by atoms with van der Waals surface area (Å²) >= 11 is 0. The highest BCUT2D eigenvalue weighted by molar-refractivity contribution is 5.98.